The second-order valence-electron chi connectivity index (χ2n) is 1.71. The maximum Gasteiger partial charge on any atom is 0.142 e. The van der Waals surface area contributed by atoms with Crippen molar-refractivity contribution < 1.29 is 4.79 Å². The fourth-order valence-electron chi connectivity index (χ4n) is 0.474. The first-order valence-electron chi connectivity index (χ1n) is 3.02. The van der Waals surface area contributed by atoms with Gasteiger partial charge in [0.2, 0.25) is 0 Å². The van der Waals surface area contributed by atoms with Crippen molar-refractivity contribution in [2.75, 3.05) is 0 Å². The summed E-state index contributed by atoms with van der Waals surface area (Å²) in [6.45, 7) is 2.13. The van der Waals surface area contributed by atoms with Crippen molar-refractivity contribution in [2.45, 2.75) is 26.2 Å². The molecule has 0 N–H and O–H groups in total. The van der Waals surface area contributed by atoms with Crippen LogP contribution in [-0.4, -0.2) is 6.29 Å². The van der Waals surface area contributed by atoms with Gasteiger partial charge < -0.3 is 0 Å². The Morgan fingerprint density at radius 3 is 2.75 bits per heavy atom. The lowest BCUT2D eigenvalue weighted by molar-refractivity contribution is -0.104. The molecule has 0 bridgehead atoms. The Morgan fingerprint density at radius 1 is 1.50 bits per heavy atom. The molecule has 1 nitrogen and oxygen atoms in total. The van der Waals surface area contributed by atoms with Crippen molar-refractivity contribution in [3.63, 3.8) is 0 Å². The third kappa shape index (κ3) is 5.41. The number of rotatable bonds is 4. The first-order chi connectivity index (χ1) is 3.91. The van der Waals surface area contributed by atoms with Gasteiger partial charge >= 0.3 is 0 Å². The first-order valence-corrected chi connectivity index (χ1v) is 3.02. The highest BCUT2D eigenvalue weighted by Crippen LogP contribution is 1.93. The molecule has 0 aliphatic heterocycles. The van der Waals surface area contributed by atoms with Gasteiger partial charge in [0.1, 0.15) is 6.29 Å². The summed E-state index contributed by atoms with van der Waals surface area (Å²) in [7, 11) is 0. The van der Waals surface area contributed by atoms with Crippen molar-refractivity contribution in [1.29, 1.82) is 0 Å². The predicted octanol–water partition coefficient (Wildman–Crippen LogP) is 1.93. The summed E-state index contributed by atoms with van der Waals surface area (Å²) in [5.41, 5.74) is 0. The summed E-state index contributed by atoms with van der Waals surface area (Å²) in [5.74, 6) is 0. The highest BCUT2D eigenvalue weighted by Gasteiger charge is 1.74. The minimum Gasteiger partial charge on any atom is -0.299 e. The SMILES string of the molecule is CCCC/C=C/C=O. The zero-order chi connectivity index (χ0) is 6.24. The van der Waals surface area contributed by atoms with E-state index in [1.807, 2.05) is 6.08 Å². The Kier molecular flexibility index (Phi) is 5.94. The molecule has 0 saturated carbocycles. The molecule has 0 aromatic carbocycles. The second-order valence-corrected chi connectivity index (χ2v) is 1.71. The lowest BCUT2D eigenvalue weighted by Crippen LogP contribution is -1.66. The van der Waals surface area contributed by atoms with Crippen molar-refractivity contribution in [3.8, 4) is 0 Å². The highest BCUT2D eigenvalue weighted by atomic mass is 16.1. The normalized spacial score (nSPS) is 10.1. The van der Waals surface area contributed by atoms with E-state index in [9.17, 15) is 4.79 Å². The minimum atomic E-state index is 0.815. The lowest BCUT2D eigenvalue weighted by Gasteiger charge is -1.83. The summed E-state index contributed by atoms with van der Waals surface area (Å²) in [4.78, 5) is 9.68. The van der Waals surface area contributed by atoms with E-state index in [0.717, 1.165) is 12.7 Å². The van der Waals surface area contributed by atoms with Crippen LogP contribution in [-0.2, 0) is 4.79 Å². The highest BCUT2D eigenvalue weighted by molar-refractivity contribution is 5.64. The van der Waals surface area contributed by atoms with E-state index >= 15 is 0 Å². The fourth-order valence-corrected chi connectivity index (χ4v) is 0.474. The quantitative estimate of drug-likeness (QED) is 0.308. The molecule has 0 aromatic rings. The number of allylic oxidation sites excluding steroid dienone is 2. The van der Waals surface area contributed by atoms with Crippen molar-refractivity contribution in [2.24, 2.45) is 0 Å². The number of hydrogen-bond acceptors (Lipinski definition) is 1. The van der Waals surface area contributed by atoms with Crippen LogP contribution in [0.25, 0.3) is 0 Å². The molecule has 46 valence electrons. The molecule has 1 heteroatoms. The van der Waals surface area contributed by atoms with Crippen LogP contribution in [0.2, 0.25) is 0 Å². The Labute approximate surface area is 50.4 Å². The van der Waals surface area contributed by atoms with Crippen LogP contribution in [0.1, 0.15) is 26.2 Å². The molecule has 0 rings (SSSR count). The van der Waals surface area contributed by atoms with Gasteiger partial charge in [-0.05, 0) is 12.5 Å². The van der Waals surface area contributed by atoms with Gasteiger partial charge in [-0.3, -0.25) is 4.79 Å². The van der Waals surface area contributed by atoms with E-state index in [-0.39, 0.29) is 0 Å². The smallest absolute Gasteiger partial charge is 0.142 e. The summed E-state index contributed by atoms with van der Waals surface area (Å²) in [6.07, 6.45) is 7.69. The van der Waals surface area contributed by atoms with Crippen LogP contribution in [0, 0.1) is 0 Å². The van der Waals surface area contributed by atoms with Crippen LogP contribution >= 0.6 is 0 Å². The summed E-state index contributed by atoms with van der Waals surface area (Å²) >= 11 is 0. The molecule has 0 fully saturated rings. The molecule has 0 heterocycles. The third-order valence-electron chi connectivity index (χ3n) is 0.939. The average molecular weight is 112 g/mol. The fraction of sp³-hybridized carbons (Fsp3) is 0.571. The number of hydrogen-bond donors (Lipinski definition) is 0. The van der Waals surface area contributed by atoms with E-state index in [4.69, 9.17) is 0 Å². The van der Waals surface area contributed by atoms with Gasteiger partial charge in [-0.25, -0.2) is 0 Å². The molecule has 0 spiro atoms. The summed E-state index contributed by atoms with van der Waals surface area (Å²) < 4.78 is 0. The van der Waals surface area contributed by atoms with Crippen LogP contribution in [0.5, 0.6) is 0 Å². The molecule has 0 aliphatic rings. The summed E-state index contributed by atoms with van der Waals surface area (Å²) in [5, 5.41) is 0. The van der Waals surface area contributed by atoms with Gasteiger partial charge in [-0.2, -0.15) is 0 Å². The standard InChI is InChI=1S/C7H12O/c1-2-3-4-5-6-7-8/h5-7H,2-4H2,1H3/b6-5+. The number of unbranched alkanes of at least 4 members (excludes halogenated alkanes) is 2. The van der Waals surface area contributed by atoms with Crippen molar-refractivity contribution in [1.82, 2.24) is 0 Å². The Balaban J connectivity index is 2.91. The number of carbonyl (C=O) groups excluding carboxylic acids is 1. The Hall–Kier alpha value is -0.590. The Bertz CT molecular complexity index is 74.5. The maximum absolute atomic E-state index is 9.68. The number of aldehydes is 1. The Morgan fingerprint density at radius 2 is 2.25 bits per heavy atom. The van der Waals surface area contributed by atoms with Crippen molar-refractivity contribution >= 4 is 6.29 Å². The van der Waals surface area contributed by atoms with Gasteiger partial charge in [0.05, 0.1) is 0 Å². The van der Waals surface area contributed by atoms with Crippen LogP contribution in [0.3, 0.4) is 0 Å². The lowest BCUT2D eigenvalue weighted by atomic mass is 10.2. The van der Waals surface area contributed by atoms with E-state index < -0.39 is 0 Å². The molecule has 0 aliphatic carbocycles. The van der Waals surface area contributed by atoms with E-state index in [0.29, 0.717) is 0 Å². The molecule has 0 radical (unpaired) electrons. The molecular weight excluding hydrogens is 100 g/mol. The molecule has 0 saturated heterocycles. The first kappa shape index (κ1) is 7.41. The minimum absolute atomic E-state index is 0.815. The van der Waals surface area contributed by atoms with E-state index in [1.54, 1.807) is 6.08 Å². The van der Waals surface area contributed by atoms with Gasteiger partial charge in [-0.15, -0.1) is 0 Å². The average Bonchev–Trinajstić information content (AvgIpc) is 1.81. The van der Waals surface area contributed by atoms with Gasteiger partial charge in [-0.1, -0.05) is 25.8 Å². The van der Waals surface area contributed by atoms with Crippen LogP contribution in [0.15, 0.2) is 12.2 Å². The third-order valence-corrected chi connectivity index (χ3v) is 0.939. The molecule has 0 atom stereocenters. The zero-order valence-corrected chi connectivity index (χ0v) is 5.26. The maximum atomic E-state index is 9.68. The van der Waals surface area contributed by atoms with Crippen LogP contribution < -0.4 is 0 Å². The van der Waals surface area contributed by atoms with E-state index in [2.05, 4.69) is 6.92 Å². The molecular formula is C7H12O. The van der Waals surface area contributed by atoms with Gasteiger partial charge in [0.15, 0.2) is 0 Å². The molecule has 8 heavy (non-hydrogen) atoms. The second kappa shape index (κ2) is 6.41. The van der Waals surface area contributed by atoms with E-state index in [1.165, 1.54) is 12.8 Å². The number of carbonyl (C=O) groups is 1. The molecule has 0 amide bonds. The molecule has 0 unspecified atom stereocenters. The largest absolute Gasteiger partial charge is 0.299 e. The van der Waals surface area contributed by atoms with Crippen molar-refractivity contribution in [3.05, 3.63) is 12.2 Å². The van der Waals surface area contributed by atoms with Gasteiger partial charge in [0.25, 0.3) is 0 Å². The van der Waals surface area contributed by atoms with Crippen LogP contribution in [0.4, 0.5) is 0 Å². The topological polar surface area (TPSA) is 17.1 Å². The zero-order valence-electron chi connectivity index (χ0n) is 5.26. The summed E-state index contributed by atoms with van der Waals surface area (Å²) in [6, 6.07) is 0. The predicted molar refractivity (Wildman–Crippen MR) is 34.7 cm³/mol. The monoisotopic (exact) mass is 112 g/mol. The molecule has 0 aromatic heterocycles. The van der Waals surface area contributed by atoms with Gasteiger partial charge in [0, 0.05) is 0 Å².